The van der Waals surface area contributed by atoms with Gasteiger partial charge < -0.3 is 5.11 Å². The molecule has 0 radical (unpaired) electrons. The second-order valence-electron chi connectivity index (χ2n) is 2.12. The Bertz CT molecular complexity index is 126. The van der Waals surface area contributed by atoms with Gasteiger partial charge in [-0.1, -0.05) is 6.08 Å². The maximum atomic E-state index is 8.56. The minimum absolute atomic E-state index is 0.175. The van der Waals surface area contributed by atoms with Crippen molar-refractivity contribution in [1.82, 2.24) is 0 Å². The zero-order valence-electron chi connectivity index (χ0n) is 5.01. The van der Waals surface area contributed by atoms with E-state index in [4.69, 9.17) is 16.7 Å². The van der Waals surface area contributed by atoms with Gasteiger partial charge >= 0.3 is 0 Å². The first kappa shape index (κ1) is 7.45. The molecular weight excluding hydrogens is 156 g/mol. The van der Waals surface area contributed by atoms with Gasteiger partial charge in [-0.2, -0.15) is 0 Å². The third-order valence-electron chi connectivity index (χ3n) is 1.31. The Hall–Kier alpha value is 0.340. The van der Waals surface area contributed by atoms with Crippen LogP contribution in [-0.4, -0.2) is 22.3 Å². The van der Waals surface area contributed by atoms with Crippen molar-refractivity contribution in [2.24, 2.45) is 0 Å². The van der Waals surface area contributed by atoms with Crippen LogP contribution in [0.25, 0.3) is 0 Å². The van der Waals surface area contributed by atoms with E-state index in [1.54, 1.807) is 11.8 Å². The number of alkyl halides is 1. The normalized spacial score (nSPS) is 33.6. The van der Waals surface area contributed by atoms with Crippen molar-refractivity contribution in [3.05, 3.63) is 11.5 Å². The molecule has 0 fully saturated rings. The molecule has 0 spiro atoms. The van der Waals surface area contributed by atoms with Crippen molar-refractivity contribution in [2.45, 2.75) is 11.3 Å². The Morgan fingerprint density at radius 2 is 2.56 bits per heavy atom. The average molecular weight is 165 g/mol. The lowest BCUT2D eigenvalue weighted by atomic mass is 10.1. The molecule has 0 amide bonds. The molecule has 3 heteroatoms. The van der Waals surface area contributed by atoms with Crippen molar-refractivity contribution < 1.29 is 5.11 Å². The first-order chi connectivity index (χ1) is 4.27. The Kier molecular flexibility index (Phi) is 2.44. The maximum Gasteiger partial charge on any atom is 0.0749 e. The molecule has 0 saturated carbocycles. The third kappa shape index (κ3) is 1.88. The van der Waals surface area contributed by atoms with Gasteiger partial charge in [0.1, 0.15) is 0 Å². The highest BCUT2D eigenvalue weighted by molar-refractivity contribution is 8.02. The fraction of sp³-hybridized carbons (Fsp3) is 0.667. The van der Waals surface area contributed by atoms with Gasteiger partial charge in [-0.3, -0.25) is 0 Å². The molecule has 1 N–H and O–H groups in total. The highest BCUT2D eigenvalue weighted by Gasteiger charge is 2.26. The van der Waals surface area contributed by atoms with Crippen LogP contribution in [0.1, 0.15) is 6.42 Å². The molecule has 9 heavy (non-hydrogen) atoms. The molecule has 0 saturated heterocycles. The second-order valence-corrected chi connectivity index (χ2v) is 3.77. The summed E-state index contributed by atoms with van der Waals surface area (Å²) in [6, 6.07) is 0. The molecule has 1 heterocycles. The number of allylic oxidation sites excluding steroid dienone is 1. The van der Waals surface area contributed by atoms with Gasteiger partial charge in [0, 0.05) is 12.4 Å². The lowest BCUT2D eigenvalue weighted by molar-refractivity contribution is 0.280. The van der Waals surface area contributed by atoms with E-state index in [-0.39, 0.29) is 11.5 Å². The van der Waals surface area contributed by atoms with Crippen LogP contribution < -0.4 is 0 Å². The van der Waals surface area contributed by atoms with Gasteiger partial charge in [0.2, 0.25) is 0 Å². The standard InChI is InChI=1S/C6H9ClOS/c7-6(1-3-8)2-4-9-5-6/h2,4,8H,1,3,5H2. The number of aliphatic hydroxyl groups is 1. The monoisotopic (exact) mass is 164 g/mol. The van der Waals surface area contributed by atoms with Gasteiger partial charge in [-0.15, -0.1) is 23.4 Å². The minimum atomic E-state index is -0.251. The molecule has 0 aromatic carbocycles. The van der Waals surface area contributed by atoms with E-state index in [1.165, 1.54) is 0 Å². The SMILES string of the molecule is OCCC1(Cl)C=CSC1. The first-order valence-corrected chi connectivity index (χ1v) is 4.29. The van der Waals surface area contributed by atoms with Crippen LogP contribution in [0.3, 0.4) is 0 Å². The van der Waals surface area contributed by atoms with Crippen LogP contribution in [0, 0.1) is 0 Å². The summed E-state index contributed by atoms with van der Waals surface area (Å²) >= 11 is 7.70. The number of hydrogen-bond acceptors (Lipinski definition) is 2. The van der Waals surface area contributed by atoms with E-state index >= 15 is 0 Å². The summed E-state index contributed by atoms with van der Waals surface area (Å²) < 4.78 is 0. The van der Waals surface area contributed by atoms with Crippen LogP contribution in [0.2, 0.25) is 0 Å². The van der Waals surface area contributed by atoms with E-state index in [1.807, 2.05) is 11.5 Å². The van der Waals surface area contributed by atoms with Crippen molar-refractivity contribution in [2.75, 3.05) is 12.4 Å². The second kappa shape index (κ2) is 2.95. The van der Waals surface area contributed by atoms with E-state index < -0.39 is 0 Å². The summed E-state index contributed by atoms with van der Waals surface area (Å²) in [7, 11) is 0. The molecule has 1 nitrogen and oxygen atoms in total. The van der Waals surface area contributed by atoms with Gasteiger partial charge in [-0.25, -0.2) is 0 Å². The first-order valence-electron chi connectivity index (χ1n) is 2.86. The summed E-state index contributed by atoms with van der Waals surface area (Å²) in [6.07, 6.45) is 2.62. The molecule has 0 aromatic heterocycles. The molecule has 52 valence electrons. The van der Waals surface area contributed by atoms with Crippen LogP contribution >= 0.6 is 23.4 Å². The van der Waals surface area contributed by atoms with Crippen LogP contribution in [0.15, 0.2) is 11.5 Å². The number of halogens is 1. The molecule has 1 aliphatic heterocycles. The van der Waals surface area contributed by atoms with E-state index in [0.29, 0.717) is 6.42 Å². The molecule has 1 atom stereocenters. The van der Waals surface area contributed by atoms with Gasteiger partial charge in [0.25, 0.3) is 0 Å². The lowest BCUT2D eigenvalue weighted by Crippen LogP contribution is -2.19. The van der Waals surface area contributed by atoms with Crippen molar-refractivity contribution in [3.63, 3.8) is 0 Å². The summed E-state index contributed by atoms with van der Waals surface area (Å²) in [5, 5.41) is 10.6. The topological polar surface area (TPSA) is 20.2 Å². The highest BCUT2D eigenvalue weighted by atomic mass is 35.5. The molecule has 0 aromatic rings. The van der Waals surface area contributed by atoms with Gasteiger partial charge in [-0.05, 0) is 11.8 Å². The molecule has 0 aliphatic carbocycles. The largest absolute Gasteiger partial charge is 0.396 e. The number of rotatable bonds is 2. The fourth-order valence-corrected chi connectivity index (χ4v) is 2.13. The lowest BCUT2D eigenvalue weighted by Gasteiger charge is -2.15. The van der Waals surface area contributed by atoms with Crippen LogP contribution in [-0.2, 0) is 0 Å². The quantitative estimate of drug-likeness (QED) is 0.626. The molecule has 1 rings (SSSR count). The minimum Gasteiger partial charge on any atom is -0.396 e. The Labute approximate surface area is 64.1 Å². The van der Waals surface area contributed by atoms with Crippen LogP contribution in [0.5, 0.6) is 0 Å². The van der Waals surface area contributed by atoms with E-state index in [9.17, 15) is 0 Å². The summed E-state index contributed by atoms with van der Waals surface area (Å²) in [4.78, 5) is -0.251. The van der Waals surface area contributed by atoms with Gasteiger partial charge in [0.05, 0.1) is 4.87 Å². The molecule has 1 unspecified atom stereocenters. The number of hydrogen-bond donors (Lipinski definition) is 1. The van der Waals surface area contributed by atoms with Crippen molar-refractivity contribution in [1.29, 1.82) is 0 Å². The Balaban J connectivity index is 2.42. The fourth-order valence-electron chi connectivity index (χ4n) is 0.746. The van der Waals surface area contributed by atoms with Gasteiger partial charge in [0.15, 0.2) is 0 Å². The Morgan fingerprint density at radius 1 is 1.78 bits per heavy atom. The highest BCUT2D eigenvalue weighted by Crippen LogP contribution is 2.33. The smallest absolute Gasteiger partial charge is 0.0749 e. The predicted molar refractivity (Wildman–Crippen MR) is 41.9 cm³/mol. The third-order valence-corrected chi connectivity index (χ3v) is 2.93. The summed E-state index contributed by atoms with van der Waals surface area (Å²) in [5.74, 6) is 0.898. The molecular formula is C6H9ClOS. The molecule has 1 aliphatic rings. The predicted octanol–water partition coefficient (Wildman–Crippen LogP) is 1.61. The summed E-state index contributed by atoms with van der Waals surface area (Å²) in [5.41, 5.74) is 0. The van der Waals surface area contributed by atoms with Crippen molar-refractivity contribution in [3.8, 4) is 0 Å². The van der Waals surface area contributed by atoms with Crippen molar-refractivity contribution >= 4 is 23.4 Å². The number of thioether (sulfide) groups is 1. The molecule has 0 bridgehead atoms. The zero-order chi connectivity index (χ0) is 6.74. The number of aliphatic hydroxyl groups excluding tert-OH is 1. The van der Waals surface area contributed by atoms with Crippen LogP contribution in [0.4, 0.5) is 0 Å². The van der Waals surface area contributed by atoms with E-state index in [0.717, 1.165) is 5.75 Å². The average Bonchev–Trinajstić information content (AvgIpc) is 2.16. The summed E-state index contributed by atoms with van der Waals surface area (Å²) in [6.45, 7) is 0.175. The Morgan fingerprint density at radius 3 is 3.00 bits per heavy atom. The van der Waals surface area contributed by atoms with E-state index in [2.05, 4.69) is 0 Å². The maximum absolute atomic E-state index is 8.56. The zero-order valence-corrected chi connectivity index (χ0v) is 6.58.